The lowest BCUT2D eigenvalue weighted by atomic mass is 9.78. The van der Waals surface area contributed by atoms with E-state index >= 15 is 0 Å². The highest BCUT2D eigenvalue weighted by Gasteiger charge is 2.70. The van der Waals surface area contributed by atoms with E-state index in [1.54, 1.807) is 0 Å². The van der Waals surface area contributed by atoms with Crippen LogP contribution in [0.3, 0.4) is 0 Å². The largest absolute Gasteiger partial charge is 0.459 e. The second-order valence-corrected chi connectivity index (χ2v) is 9.88. The monoisotopic (exact) mass is 476 g/mol. The molecule has 0 aromatic rings. The molecule has 7 heteroatoms. The highest BCUT2D eigenvalue weighted by Crippen LogP contribution is 2.59. The molecule has 0 aromatic carbocycles. The Morgan fingerprint density at radius 2 is 2.00 bits per heavy atom. The van der Waals surface area contributed by atoms with Crippen LogP contribution in [0.15, 0.2) is 0 Å². The molecule has 3 aliphatic carbocycles. The second kappa shape index (κ2) is 6.63. The summed E-state index contributed by atoms with van der Waals surface area (Å²) in [4.78, 5) is 37.6. The van der Waals surface area contributed by atoms with Gasteiger partial charge in [0.1, 0.15) is 21.7 Å². The molecule has 1 heterocycles. The summed E-state index contributed by atoms with van der Waals surface area (Å²) < 4.78 is 16.9. The van der Waals surface area contributed by atoms with Crippen molar-refractivity contribution < 1.29 is 28.6 Å². The van der Waals surface area contributed by atoms with Gasteiger partial charge in [0, 0.05) is 11.8 Å². The predicted octanol–water partition coefficient (Wildman–Crippen LogP) is 2.80. The van der Waals surface area contributed by atoms with Gasteiger partial charge in [-0.15, -0.1) is 0 Å². The molecule has 4 aliphatic rings. The standard InChI is InChI=1S/C19H25IO6/c1-3-11(20)16(21)24-14-10-8-9-12(17(22)25-15(9)14)13(10)18(23)26-19(2)6-4-5-7-19/h9-15H,3-8H2,1-2H3. The number of halogens is 1. The van der Waals surface area contributed by atoms with Crippen LogP contribution in [0, 0.1) is 23.7 Å². The minimum absolute atomic E-state index is 0.0338. The topological polar surface area (TPSA) is 78.9 Å². The first-order valence-corrected chi connectivity index (χ1v) is 10.9. The fraction of sp³-hybridized carbons (Fsp3) is 0.842. The van der Waals surface area contributed by atoms with Gasteiger partial charge in [-0.1, -0.05) is 29.5 Å². The van der Waals surface area contributed by atoms with Crippen LogP contribution in [0.25, 0.3) is 0 Å². The number of hydrogen-bond donors (Lipinski definition) is 0. The molecule has 4 fully saturated rings. The van der Waals surface area contributed by atoms with Crippen LogP contribution in [0.1, 0.15) is 52.4 Å². The zero-order valence-corrected chi connectivity index (χ0v) is 17.3. The molecule has 2 bridgehead atoms. The number of fused-ring (bicyclic) bond motifs is 1. The first-order chi connectivity index (χ1) is 12.3. The van der Waals surface area contributed by atoms with E-state index in [4.69, 9.17) is 14.2 Å². The van der Waals surface area contributed by atoms with Crippen molar-refractivity contribution in [1.82, 2.24) is 0 Å². The molecule has 0 radical (unpaired) electrons. The van der Waals surface area contributed by atoms with Crippen LogP contribution in [0.4, 0.5) is 0 Å². The van der Waals surface area contributed by atoms with Crippen molar-refractivity contribution in [2.75, 3.05) is 0 Å². The number of carbonyl (C=O) groups excluding carboxylic acids is 3. The van der Waals surface area contributed by atoms with E-state index in [1.807, 2.05) is 13.8 Å². The zero-order valence-electron chi connectivity index (χ0n) is 15.1. The van der Waals surface area contributed by atoms with Gasteiger partial charge < -0.3 is 14.2 Å². The Hall–Kier alpha value is -0.860. The van der Waals surface area contributed by atoms with Crippen molar-refractivity contribution in [3.63, 3.8) is 0 Å². The van der Waals surface area contributed by atoms with Gasteiger partial charge in [-0.2, -0.15) is 0 Å². The highest BCUT2D eigenvalue weighted by atomic mass is 127. The molecule has 144 valence electrons. The summed E-state index contributed by atoms with van der Waals surface area (Å²) in [5.74, 6) is -2.13. The smallest absolute Gasteiger partial charge is 0.319 e. The summed E-state index contributed by atoms with van der Waals surface area (Å²) in [6.45, 7) is 3.90. The summed E-state index contributed by atoms with van der Waals surface area (Å²) in [5, 5.41) is 0. The number of ether oxygens (including phenoxy) is 3. The Labute approximate surface area is 166 Å². The third-order valence-electron chi connectivity index (χ3n) is 6.69. The van der Waals surface area contributed by atoms with E-state index < -0.39 is 29.6 Å². The lowest BCUT2D eigenvalue weighted by molar-refractivity contribution is -0.173. The minimum atomic E-state index is -0.546. The van der Waals surface area contributed by atoms with Gasteiger partial charge in [0.25, 0.3) is 0 Å². The summed E-state index contributed by atoms with van der Waals surface area (Å²) in [6.07, 6.45) is 4.29. The lowest BCUT2D eigenvalue weighted by Gasteiger charge is -2.33. The molecule has 1 aliphatic heterocycles. The molecule has 4 rings (SSSR count). The number of esters is 3. The normalized spacial score (nSPS) is 40.3. The molecule has 7 atom stereocenters. The molecule has 0 spiro atoms. The summed E-state index contributed by atoms with van der Waals surface area (Å²) in [5.41, 5.74) is -0.428. The van der Waals surface area contributed by atoms with Gasteiger partial charge in [-0.25, -0.2) is 0 Å². The summed E-state index contributed by atoms with van der Waals surface area (Å²) >= 11 is 2.06. The maximum Gasteiger partial charge on any atom is 0.319 e. The van der Waals surface area contributed by atoms with Gasteiger partial charge in [0.2, 0.25) is 0 Å². The molecule has 0 amide bonds. The Morgan fingerprint density at radius 3 is 2.65 bits per heavy atom. The number of alkyl halides is 1. The van der Waals surface area contributed by atoms with E-state index in [2.05, 4.69) is 22.6 Å². The number of rotatable bonds is 5. The highest BCUT2D eigenvalue weighted by molar-refractivity contribution is 14.1. The van der Waals surface area contributed by atoms with Crippen molar-refractivity contribution in [2.45, 2.75) is 74.1 Å². The van der Waals surface area contributed by atoms with Crippen molar-refractivity contribution in [1.29, 1.82) is 0 Å². The Balaban J connectivity index is 1.53. The van der Waals surface area contributed by atoms with Crippen molar-refractivity contribution in [3.05, 3.63) is 0 Å². The minimum Gasteiger partial charge on any atom is -0.459 e. The lowest BCUT2D eigenvalue weighted by Crippen LogP contribution is -2.46. The molecule has 26 heavy (non-hydrogen) atoms. The third kappa shape index (κ3) is 2.85. The molecule has 7 unspecified atom stereocenters. The average molecular weight is 476 g/mol. The molecular formula is C19H25IO6. The Morgan fingerprint density at radius 1 is 1.31 bits per heavy atom. The maximum atomic E-state index is 13.0. The molecule has 6 nitrogen and oxygen atoms in total. The SMILES string of the molecule is CCC(I)C(=O)OC1C2CC3C1OC(=O)C3C2C(=O)OC1(C)CCCC1. The van der Waals surface area contributed by atoms with Crippen molar-refractivity contribution >= 4 is 40.5 Å². The fourth-order valence-corrected chi connectivity index (χ4v) is 5.53. The van der Waals surface area contributed by atoms with Crippen LogP contribution < -0.4 is 0 Å². The van der Waals surface area contributed by atoms with Crippen molar-refractivity contribution in [2.24, 2.45) is 23.7 Å². The molecule has 3 saturated carbocycles. The second-order valence-electron chi connectivity index (χ2n) is 8.37. The van der Waals surface area contributed by atoms with Gasteiger partial charge in [-0.05, 0) is 45.4 Å². The summed E-state index contributed by atoms with van der Waals surface area (Å²) in [6, 6.07) is 0. The first-order valence-electron chi connectivity index (χ1n) is 9.62. The van der Waals surface area contributed by atoms with Crippen LogP contribution in [-0.2, 0) is 28.6 Å². The van der Waals surface area contributed by atoms with Gasteiger partial charge in [-0.3, -0.25) is 14.4 Å². The molecule has 0 N–H and O–H groups in total. The fourth-order valence-electron chi connectivity index (χ4n) is 5.38. The molecule has 0 aromatic heterocycles. The number of hydrogen-bond acceptors (Lipinski definition) is 6. The van der Waals surface area contributed by atoms with Crippen LogP contribution in [0.2, 0.25) is 0 Å². The maximum absolute atomic E-state index is 13.0. The van der Waals surface area contributed by atoms with Crippen LogP contribution in [-0.4, -0.2) is 39.6 Å². The average Bonchev–Trinajstić information content (AvgIpc) is 3.31. The summed E-state index contributed by atoms with van der Waals surface area (Å²) in [7, 11) is 0. The van der Waals surface area contributed by atoms with Crippen molar-refractivity contribution in [3.8, 4) is 0 Å². The van der Waals surface area contributed by atoms with Gasteiger partial charge in [0.05, 0.1) is 11.8 Å². The Kier molecular flexibility index (Phi) is 4.72. The van der Waals surface area contributed by atoms with E-state index in [0.717, 1.165) is 25.7 Å². The Bertz CT molecular complexity index is 628. The molecule has 1 saturated heterocycles. The van der Waals surface area contributed by atoms with Gasteiger partial charge >= 0.3 is 17.9 Å². The third-order valence-corrected chi connectivity index (χ3v) is 8.08. The van der Waals surface area contributed by atoms with E-state index in [-0.39, 0.29) is 33.7 Å². The van der Waals surface area contributed by atoms with E-state index in [1.165, 1.54) is 0 Å². The predicted molar refractivity (Wildman–Crippen MR) is 99.4 cm³/mol. The van der Waals surface area contributed by atoms with E-state index in [9.17, 15) is 14.4 Å². The molecular weight excluding hydrogens is 451 g/mol. The van der Waals surface area contributed by atoms with E-state index in [0.29, 0.717) is 12.8 Å². The van der Waals surface area contributed by atoms with Crippen LogP contribution >= 0.6 is 22.6 Å². The quantitative estimate of drug-likeness (QED) is 0.263. The van der Waals surface area contributed by atoms with Crippen LogP contribution in [0.5, 0.6) is 0 Å². The zero-order chi connectivity index (χ0) is 18.6. The first kappa shape index (κ1) is 18.5. The van der Waals surface area contributed by atoms with Gasteiger partial charge in [0.15, 0.2) is 0 Å². The number of carbonyl (C=O) groups is 3.